The zero-order chi connectivity index (χ0) is 32.9. The predicted octanol–water partition coefficient (Wildman–Crippen LogP) is 10.3. The van der Waals surface area contributed by atoms with E-state index in [1.807, 2.05) is 38.1 Å². The van der Waals surface area contributed by atoms with Gasteiger partial charge in [0.2, 0.25) is 0 Å². The second kappa shape index (κ2) is 18.4. The lowest BCUT2D eigenvalue weighted by molar-refractivity contribution is 0.465. The van der Waals surface area contributed by atoms with Crippen LogP contribution in [0.15, 0.2) is 86.0 Å². The molecule has 0 saturated carbocycles. The fourth-order valence-electron chi connectivity index (χ4n) is 3.62. The van der Waals surface area contributed by atoms with Crippen LogP contribution in [0.25, 0.3) is 0 Å². The fraction of sp³-hybridized carbons (Fsp3) is 0.176. The third-order valence-electron chi connectivity index (χ3n) is 6.05. The molecule has 0 aromatic heterocycles. The number of benzene rings is 4. The molecule has 9 heteroatoms. The summed E-state index contributed by atoms with van der Waals surface area (Å²) >= 11 is 22.9. The van der Waals surface area contributed by atoms with Gasteiger partial charge in [-0.2, -0.15) is 0 Å². The molecule has 5 nitrogen and oxygen atoms in total. The first-order valence-electron chi connectivity index (χ1n) is 13.0. The van der Waals surface area contributed by atoms with Gasteiger partial charge < -0.3 is 26.2 Å². The smallest absolute Gasteiger partial charge is 0.139 e. The van der Waals surface area contributed by atoms with Gasteiger partial charge in [-0.1, -0.05) is 82.8 Å². The zero-order valence-electron chi connectivity index (χ0n) is 24.5. The van der Waals surface area contributed by atoms with Gasteiger partial charge in [0.15, 0.2) is 0 Å². The summed E-state index contributed by atoms with van der Waals surface area (Å²) in [5.74, 6) is 0.749. The molecule has 0 bridgehead atoms. The summed E-state index contributed by atoms with van der Waals surface area (Å²) in [5.41, 5.74) is 11.0. The van der Waals surface area contributed by atoms with Crippen LogP contribution in [0.5, 0.6) is 23.0 Å². The van der Waals surface area contributed by atoms with Gasteiger partial charge >= 0.3 is 0 Å². The van der Waals surface area contributed by atoms with Crippen molar-refractivity contribution in [2.24, 2.45) is 5.73 Å². The lowest BCUT2D eigenvalue weighted by Crippen LogP contribution is -2.09. The average Bonchev–Trinajstić information content (AvgIpc) is 2.94. The van der Waals surface area contributed by atoms with E-state index in [4.69, 9.17) is 62.4 Å². The number of aryl methyl sites for hydroxylation is 3. The second-order valence-corrected chi connectivity index (χ2v) is 11.1. The number of phenolic OH excluding ortho intramolecular Hbond substituents is 4. The molecule has 0 aliphatic carbocycles. The number of allylic oxidation sites excluding steroid dienone is 1. The van der Waals surface area contributed by atoms with Gasteiger partial charge in [0.1, 0.15) is 23.0 Å². The van der Waals surface area contributed by atoms with Gasteiger partial charge in [-0.25, -0.2) is 0 Å². The Morgan fingerprint density at radius 1 is 0.721 bits per heavy atom. The van der Waals surface area contributed by atoms with E-state index in [0.717, 1.165) is 34.2 Å². The maximum Gasteiger partial charge on any atom is 0.139 e. The Bertz CT molecular complexity index is 1430. The monoisotopic (exact) mass is 663 g/mol. The predicted molar refractivity (Wildman–Crippen MR) is 182 cm³/mol. The van der Waals surface area contributed by atoms with E-state index in [1.165, 1.54) is 24.3 Å². The Morgan fingerprint density at radius 3 is 1.81 bits per heavy atom. The third kappa shape index (κ3) is 12.1. The molecule has 0 fully saturated rings. The molecule has 1 unspecified atom stereocenters. The van der Waals surface area contributed by atoms with Gasteiger partial charge in [0, 0.05) is 21.2 Å². The molecule has 0 spiro atoms. The molecule has 4 aromatic rings. The van der Waals surface area contributed by atoms with Crippen molar-refractivity contribution in [2.75, 3.05) is 0 Å². The highest BCUT2D eigenvalue weighted by atomic mass is 35.5. The molecule has 1 atom stereocenters. The molecule has 0 aliphatic heterocycles. The zero-order valence-corrected chi connectivity index (χ0v) is 27.5. The number of rotatable bonds is 4. The fourth-order valence-corrected chi connectivity index (χ4v) is 4.48. The first kappa shape index (κ1) is 37.7. The van der Waals surface area contributed by atoms with Crippen molar-refractivity contribution in [3.05, 3.63) is 139 Å². The highest BCUT2D eigenvalue weighted by molar-refractivity contribution is 6.36. The van der Waals surface area contributed by atoms with Crippen LogP contribution in [-0.2, 0) is 6.42 Å². The highest BCUT2D eigenvalue weighted by Gasteiger charge is 2.16. The molecule has 0 aliphatic rings. The molecular formula is C34H37Cl4NO4. The minimum Gasteiger partial charge on any atom is -0.508 e. The minimum absolute atomic E-state index is 0.0269. The van der Waals surface area contributed by atoms with Gasteiger partial charge in [0.25, 0.3) is 0 Å². The Morgan fingerprint density at radius 2 is 1.33 bits per heavy atom. The summed E-state index contributed by atoms with van der Waals surface area (Å²) in [6, 6.07) is 16.8. The van der Waals surface area contributed by atoms with Crippen molar-refractivity contribution in [3.63, 3.8) is 0 Å². The van der Waals surface area contributed by atoms with E-state index in [0.29, 0.717) is 27.1 Å². The number of aromatic hydroxyl groups is 4. The number of phenols is 4. The third-order valence-corrected chi connectivity index (χ3v) is 7.44. The summed E-state index contributed by atoms with van der Waals surface area (Å²) in [7, 11) is 0. The van der Waals surface area contributed by atoms with Crippen LogP contribution in [0.4, 0.5) is 0 Å². The second-order valence-electron chi connectivity index (χ2n) is 9.45. The number of hydrogen-bond acceptors (Lipinski definition) is 5. The topological polar surface area (TPSA) is 107 Å². The quantitative estimate of drug-likeness (QED) is 0.140. The van der Waals surface area contributed by atoms with E-state index >= 15 is 0 Å². The van der Waals surface area contributed by atoms with Crippen LogP contribution in [-0.4, -0.2) is 20.4 Å². The molecule has 0 amide bonds. The van der Waals surface area contributed by atoms with Gasteiger partial charge in [-0.15, -0.1) is 13.2 Å². The number of nitrogens with two attached hydrogens (primary N) is 1. The van der Waals surface area contributed by atoms with Crippen LogP contribution in [0.2, 0.25) is 20.1 Å². The van der Waals surface area contributed by atoms with Crippen molar-refractivity contribution in [1.82, 2.24) is 0 Å². The van der Waals surface area contributed by atoms with Gasteiger partial charge in [0.05, 0.1) is 16.1 Å². The average molecular weight is 665 g/mol. The summed E-state index contributed by atoms with van der Waals surface area (Å²) in [6.45, 7) is 14.7. The number of halogens is 4. The van der Waals surface area contributed by atoms with Crippen molar-refractivity contribution in [3.8, 4) is 23.0 Å². The molecular weight excluding hydrogens is 628 g/mol. The maximum atomic E-state index is 9.69. The normalized spacial score (nSPS) is 10.5. The van der Waals surface area contributed by atoms with Crippen LogP contribution in [0, 0.1) is 27.7 Å². The Balaban J connectivity index is 0.000000292. The highest BCUT2D eigenvalue weighted by Crippen LogP contribution is 2.38. The summed E-state index contributed by atoms with van der Waals surface area (Å²) in [6.07, 6.45) is 4.05. The molecule has 6 N–H and O–H groups in total. The molecule has 4 aromatic carbocycles. The molecule has 0 radical (unpaired) electrons. The van der Waals surface area contributed by atoms with Crippen LogP contribution < -0.4 is 5.73 Å². The van der Waals surface area contributed by atoms with Crippen molar-refractivity contribution < 1.29 is 20.4 Å². The molecule has 0 saturated heterocycles. The summed E-state index contributed by atoms with van der Waals surface area (Å²) in [5, 5.41) is 38.5. The molecule has 230 valence electrons. The minimum atomic E-state index is -0.466. The maximum absolute atomic E-state index is 9.69. The Kier molecular flexibility index (Phi) is 16.1. The Hall–Kier alpha value is -3.32. The van der Waals surface area contributed by atoms with Crippen LogP contribution in [0.3, 0.4) is 0 Å². The van der Waals surface area contributed by atoms with Crippen molar-refractivity contribution >= 4 is 46.4 Å². The SMILES string of the molecule is C=CC(N)c1c(C)c(Cl)cc(Cl)c1O.C=CCc1c(C)cccc1O.Cc1cc(O)c(Cl)cc1Cl.Cc1cccc(O)c1. The van der Waals surface area contributed by atoms with E-state index < -0.39 is 6.04 Å². The molecule has 0 heterocycles. The van der Waals surface area contributed by atoms with Crippen LogP contribution >= 0.6 is 46.4 Å². The summed E-state index contributed by atoms with van der Waals surface area (Å²) < 4.78 is 0. The standard InChI is InChI=1S/C10H11Cl2NO.C10H12O.C7H6Cl2O.C7H8O/c1-3-8(13)9-5(2)6(11)4-7(12)10(9)14;1-3-5-9-8(2)6-4-7-10(9)11;1-4-2-7(10)6(9)3-5(4)8;1-6-3-2-4-7(8)5-6/h3-4,8,14H,1,13H2,2H3;3-4,6-7,11H,1,5H2,2H3;2-3,10H,1H3;2-5,8H,1H3. The Labute approximate surface area is 274 Å². The van der Waals surface area contributed by atoms with E-state index in [2.05, 4.69) is 13.2 Å². The van der Waals surface area contributed by atoms with E-state index in [1.54, 1.807) is 38.1 Å². The lowest BCUT2D eigenvalue weighted by Gasteiger charge is -2.15. The van der Waals surface area contributed by atoms with E-state index in [-0.39, 0.29) is 21.5 Å². The van der Waals surface area contributed by atoms with Crippen molar-refractivity contribution in [2.45, 2.75) is 40.2 Å². The van der Waals surface area contributed by atoms with E-state index in [9.17, 15) is 10.2 Å². The number of hydrogen-bond donors (Lipinski definition) is 5. The first-order valence-corrected chi connectivity index (χ1v) is 14.5. The largest absolute Gasteiger partial charge is 0.508 e. The molecule has 4 rings (SSSR count). The summed E-state index contributed by atoms with van der Waals surface area (Å²) in [4.78, 5) is 0. The van der Waals surface area contributed by atoms with Crippen LogP contribution in [0.1, 0.15) is 39.4 Å². The molecule has 43 heavy (non-hydrogen) atoms. The van der Waals surface area contributed by atoms with Gasteiger partial charge in [-0.05, 0) is 92.8 Å². The van der Waals surface area contributed by atoms with Crippen molar-refractivity contribution in [1.29, 1.82) is 0 Å². The van der Waals surface area contributed by atoms with Gasteiger partial charge in [-0.3, -0.25) is 0 Å². The first-order chi connectivity index (χ1) is 20.1. The lowest BCUT2D eigenvalue weighted by atomic mass is 10.0.